The maximum Gasteiger partial charge on any atom is 0.221 e. The van der Waals surface area contributed by atoms with Gasteiger partial charge in [-0.2, -0.15) is 4.98 Å². The maximum atomic E-state index is 5.61. The lowest BCUT2D eigenvalue weighted by molar-refractivity contribution is 0.232. The minimum absolute atomic E-state index is 0.342. The van der Waals surface area contributed by atoms with Crippen LogP contribution in [-0.2, 0) is 0 Å². The van der Waals surface area contributed by atoms with Crippen LogP contribution in [0.5, 0.6) is 0 Å². The second kappa shape index (κ2) is 4.51. The van der Waals surface area contributed by atoms with E-state index in [1.54, 1.807) is 6.20 Å². The average molecular weight is 234 g/mol. The summed E-state index contributed by atoms with van der Waals surface area (Å²) in [6.07, 6.45) is 6.72. The second-order valence-corrected chi connectivity index (χ2v) is 5.84. The Morgan fingerprint density at radius 1 is 1.35 bits per heavy atom. The summed E-state index contributed by atoms with van der Waals surface area (Å²) in [6, 6.07) is 0.524. The van der Waals surface area contributed by atoms with Gasteiger partial charge in [-0.1, -0.05) is 13.8 Å². The number of nitrogens with one attached hydrogen (secondary N) is 1. The summed E-state index contributed by atoms with van der Waals surface area (Å²) in [6.45, 7) is 6.70. The van der Waals surface area contributed by atoms with Crippen LogP contribution in [0.25, 0.3) is 0 Å². The first-order valence-corrected chi connectivity index (χ1v) is 6.32. The molecule has 1 aliphatic rings. The lowest BCUT2D eigenvalue weighted by Gasteiger charge is -2.35. The number of nitrogen functional groups attached to an aromatic ring is 1. The summed E-state index contributed by atoms with van der Waals surface area (Å²) < 4.78 is 0. The number of hydrogen-bond donors (Lipinski definition) is 2. The number of nitrogens with zero attached hydrogens (tertiary/aromatic N) is 2. The van der Waals surface area contributed by atoms with E-state index in [0.717, 1.165) is 11.4 Å². The molecule has 0 bridgehead atoms. The van der Waals surface area contributed by atoms with Gasteiger partial charge in [-0.15, -0.1) is 0 Å². The van der Waals surface area contributed by atoms with Crippen LogP contribution < -0.4 is 11.1 Å². The summed E-state index contributed by atoms with van der Waals surface area (Å²) in [5, 5.41) is 3.50. The van der Waals surface area contributed by atoms with E-state index < -0.39 is 0 Å². The van der Waals surface area contributed by atoms with E-state index >= 15 is 0 Å². The van der Waals surface area contributed by atoms with Crippen LogP contribution in [0.2, 0.25) is 0 Å². The molecular formula is C13H22N4. The fraction of sp³-hybridized carbons (Fsp3) is 0.692. The predicted octanol–water partition coefficient (Wildman–Crippen LogP) is 2.75. The third-order valence-electron chi connectivity index (χ3n) is 3.67. The Morgan fingerprint density at radius 3 is 2.65 bits per heavy atom. The molecule has 0 aliphatic heterocycles. The van der Waals surface area contributed by atoms with E-state index in [-0.39, 0.29) is 0 Å². The van der Waals surface area contributed by atoms with Crippen LogP contribution in [0.1, 0.15) is 45.1 Å². The van der Waals surface area contributed by atoms with Gasteiger partial charge < -0.3 is 11.1 Å². The predicted molar refractivity (Wildman–Crippen MR) is 70.8 cm³/mol. The normalized spacial score (nSPS) is 20.2. The zero-order chi connectivity index (χ0) is 12.5. The molecule has 1 heterocycles. The number of nitrogens with two attached hydrogens (primary N) is 1. The van der Waals surface area contributed by atoms with Gasteiger partial charge in [0.1, 0.15) is 5.82 Å². The standard InChI is InChI=1S/C13H22N4/c1-9-8-15-12(14)17-11(9)16-10-4-6-13(2,3)7-5-10/h8,10H,4-7H2,1-3H3,(H3,14,15,16,17). The summed E-state index contributed by atoms with van der Waals surface area (Å²) in [5.74, 6) is 1.23. The smallest absolute Gasteiger partial charge is 0.221 e. The molecule has 0 amide bonds. The minimum Gasteiger partial charge on any atom is -0.368 e. The molecule has 1 fully saturated rings. The number of aromatic nitrogens is 2. The van der Waals surface area contributed by atoms with Crippen molar-refractivity contribution in [3.8, 4) is 0 Å². The van der Waals surface area contributed by atoms with Crippen molar-refractivity contribution in [3.63, 3.8) is 0 Å². The Kier molecular flexibility index (Phi) is 3.22. The molecule has 1 saturated carbocycles. The molecule has 0 saturated heterocycles. The van der Waals surface area contributed by atoms with Crippen molar-refractivity contribution in [3.05, 3.63) is 11.8 Å². The highest BCUT2D eigenvalue weighted by molar-refractivity contribution is 5.45. The fourth-order valence-corrected chi connectivity index (χ4v) is 2.34. The molecule has 4 nitrogen and oxygen atoms in total. The number of hydrogen-bond acceptors (Lipinski definition) is 4. The van der Waals surface area contributed by atoms with E-state index in [0.29, 0.717) is 17.4 Å². The second-order valence-electron chi connectivity index (χ2n) is 5.84. The minimum atomic E-state index is 0.342. The summed E-state index contributed by atoms with van der Waals surface area (Å²) in [4.78, 5) is 8.24. The highest BCUT2D eigenvalue weighted by Gasteiger charge is 2.27. The van der Waals surface area contributed by atoms with Crippen molar-refractivity contribution < 1.29 is 0 Å². The Labute approximate surface area is 103 Å². The Morgan fingerprint density at radius 2 is 2.00 bits per heavy atom. The highest BCUT2D eigenvalue weighted by Crippen LogP contribution is 2.36. The summed E-state index contributed by atoms with van der Waals surface area (Å²) >= 11 is 0. The van der Waals surface area contributed by atoms with Gasteiger partial charge in [0.05, 0.1) is 0 Å². The maximum absolute atomic E-state index is 5.61. The van der Waals surface area contributed by atoms with E-state index in [2.05, 4.69) is 29.1 Å². The van der Waals surface area contributed by atoms with E-state index in [9.17, 15) is 0 Å². The van der Waals surface area contributed by atoms with Crippen molar-refractivity contribution in [1.82, 2.24) is 9.97 Å². The van der Waals surface area contributed by atoms with Crippen molar-refractivity contribution in [2.45, 2.75) is 52.5 Å². The topological polar surface area (TPSA) is 63.8 Å². The lowest BCUT2D eigenvalue weighted by Crippen LogP contribution is -2.30. The van der Waals surface area contributed by atoms with Gasteiger partial charge in [-0.25, -0.2) is 4.98 Å². The first-order chi connectivity index (χ1) is 7.96. The zero-order valence-electron chi connectivity index (χ0n) is 11.0. The molecular weight excluding hydrogens is 212 g/mol. The van der Waals surface area contributed by atoms with E-state index in [1.807, 2.05) is 6.92 Å². The van der Waals surface area contributed by atoms with Crippen LogP contribution in [0, 0.1) is 12.3 Å². The first kappa shape index (κ1) is 12.1. The van der Waals surface area contributed by atoms with E-state index in [4.69, 9.17) is 5.73 Å². The Hall–Kier alpha value is -1.32. The average Bonchev–Trinajstić information content (AvgIpc) is 2.26. The lowest BCUT2D eigenvalue weighted by atomic mass is 9.75. The quantitative estimate of drug-likeness (QED) is 0.826. The molecule has 4 heteroatoms. The molecule has 0 atom stereocenters. The molecule has 1 aromatic rings. The number of aryl methyl sites for hydroxylation is 1. The van der Waals surface area contributed by atoms with Gasteiger partial charge in [0.15, 0.2) is 0 Å². The Balaban J connectivity index is 2.00. The summed E-state index contributed by atoms with van der Waals surface area (Å²) in [7, 11) is 0. The van der Waals surface area contributed by atoms with E-state index in [1.165, 1.54) is 25.7 Å². The molecule has 1 aliphatic carbocycles. The monoisotopic (exact) mass is 234 g/mol. The number of rotatable bonds is 2. The van der Waals surface area contributed by atoms with Crippen molar-refractivity contribution >= 4 is 11.8 Å². The molecule has 3 N–H and O–H groups in total. The molecule has 0 unspecified atom stereocenters. The van der Waals surface area contributed by atoms with Gasteiger partial charge >= 0.3 is 0 Å². The Bertz CT molecular complexity index is 390. The highest BCUT2D eigenvalue weighted by atomic mass is 15.1. The molecule has 1 aromatic heterocycles. The molecule has 17 heavy (non-hydrogen) atoms. The van der Waals surface area contributed by atoms with Crippen molar-refractivity contribution in [1.29, 1.82) is 0 Å². The summed E-state index contributed by atoms with van der Waals surface area (Å²) in [5.41, 5.74) is 7.17. The van der Waals surface area contributed by atoms with Crippen LogP contribution in [0.15, 0.2) is 6.20 Å². The van der Waals surface area contributed by atoms with Gasteiger partial charge in [-0.3, -0.25) is 0 Å². The first-order valence-electron chi connectivity index (χ1n) is 6.32. The molecule has 94 valence electrons. The third-order valence-corrected chi connectivity index (χ3v) is 3.67. The van der Waals surface area contributed by atoms with Crippen molar-refractivity contribution in [2.24, 2.45) is 5.41 Å². The van der Waals surface area contributed by atoms with Gasteiger partial charge in [0.25, 0.3) is 0 Å². The molecule has 0 aromatic carbocycles. The van der Waals surface area contributed by atoms with Gasteiger partial charge in [0, 0.05) is 17.8 Å². The molecule has 0 spiro atoms. The van der Waals surface area contributed by atoms with Crippen LogP contribution in [0.3, 0.4) is 0 Å². The third kappa shape index (κ3) is 3.08. The van der Waals surface area contributed by atoms with Crippen LogP contribution in [0.4, 0.5) is 11.8 Å². The van der Waals surface area contributed by atoms with Crippen LogP contribution >= 0.6 is 0 Å². The number of anilines is 2. The molecule has 2 rings (SSSR count). The van der Waals surface area contributed by atoms with Gasteiger partial charge in [-0.05, 0) is 38.0 Å². The van der Waals surface area contributed by atoms with Crippen molar-refractivity contribution in [2.75, 3.05) is 11.1 Å². The van der Waals surface area contributed by atoms with Crippen LogP contribution in [-0.4, -0.2) is 16.0 Å². The fourth-order valence-electron chi connectivity index (χ4n) is 2.34. The molecule has 0 radical (unpaired) electrons. The SMILES string of the molecule is Cc1cnc(N)nc1NC1CCC(C)(C)CC1. The largest absolute Gasteiger partial charge is 0.368 e. The van der Waals surface area contributed by atoms with Gasteiger partial charge in [0.2, 0.25) is 5.95 Å². The zero-order valence-corrected chi connectivity index (χ0v) is 11.0.